The van der Waals surface area contributed by atoms with Gasteiger partial charge in [-0.2, -0.15) is 0 Å². The maximum atomic E-state index is 5.54. The fourth-order valence-corrected chi connectivity index (χ4v) is 8.56. The van der Waals surface area contributed by atoms with E-state index in [4.69, 9.17) is 9.97 Å². The Morgan fingerprint density at radius 1 is 0.345 bits per heavy atom. The Hall–Kier alpha value is -7.36. The molecule has 0 radical (unpaired) electrons. The van der Waals surface area contributed by atoms with Gasteiger partial charge in [0.2, 0.25) is 0 Å². The molecule has 11 aromatic rings. The standard InChI is InChI=1S/C52H33N3/c1-3-17-35(18-4-1)46-33-47(54-52(53-46)51-39-23-10-8-19-36(39)32-45-38-22-9-7-16-34(38)30-31-43(45)51)41-25-12-11-24-40(41)42-27-15-29-49-50(42)44-26-13-14-28-48(44)55(49)37-20-5-2-6-21-37/h1-33H. The van der Waals surface area contributed by atoms with E-state index in [1.165, 1.54) is 48.9 Å². The summed E-state index contributed by atoms with van der Waals surface area (Å²) in [7, 11) is 0. The monoisotopic (exact) mass is 699 g/mol. The van der Waals surface area contributed by atoms with Crippen LogP contribution in [0.15, 0.2) is 200 Å². The van der Waals surface area contributed by atoms with E-state index >= 15 is 0 Å². The topological polar surface area (TPSA) is 30.7 Å². The molecule has 256 valence electrons. The molecule has 0 aliphatic heterocycles. The molecule has 0 bridgehead atoms. The minimum absolute atomic E-state index is 0.710. The molecule has 0 saturated carbocycles. The lowest BCUT2D eigenvalue weighted by molar-refractivity contribution is 1.18. The van der Waals surface area contributed by atoms with Crippen molar-refractivity contribution >= 4 is 54.1 Å². The maximum Gasteiger partial charge on any atom is 0.161 e. The highest BCUT2D eigenvalue weighted by Gasteiger charge is 2.21. The molecule has 0 amide bonds. The van der Waals surface area contributed by atoms with Crippen LogP contribution in [0, 0.1) is 0 Å². The second-order valence-corrected chi connectivity index (χ2v) is 14.1. The number of para-hydroxylation sites is 2. The van der Waals surface area contributed by atoms with Gasteiger partial charge in [-0.25, -0.2) is 9.97 Å². The molecule has 11 rings (SSSR count). The summed E-state index contributed by atoms with van der Waals surface area (Å²) in [6.07, 6.45) is 0. The van der Waals surface area contributed by atoms with Gasteiger partial charge in [-0.15, -0.1) is 0 Å². The summed E-state index contributed by atoms with van der Waals surface area (Å²) in [6, 6.07) is 71.4. The van der Waals surface area contributed by atoms with E-state index in [0.717, 1.165) is 50.1 Å². The third kappa shape index (κ3) is 5.05. The maximum absolute atomic E-state index is 5.54. The van der Waals surface area contributed by atoms with Crippen molar-refractivity contribution in [1.82, 2.24) is 14.5 Å². The molecule has 2 heterocycles. The zero-order chi connectivity index (χ0) is 36.3. The largest absolute Gasteiger partial charge is 0.309 e. The van der Waals surface area contributed by atoms with Crippen molar-refractivity contribution in [3.63, 3.8) is 0 Å². The number of benzene rings is 9. The lowest BCUT2D eigenvalue weighted by Gasteiger charge is -2.16. The second kappa shape index (κ2) is 12.6. The first-order valence-corrected chi connectivity index (χ1v) is 18.8. The van der Waals surface area contributed by atoms with E-state index in [1.807, 2.05) is 0 Å². The Kier molecular flexibility index (Phi) is 7.17. The van der Waals surface area contributed by atoms with Gasteiger partial charge in [0.15, 0.2) is 5.82 Å². The van der Waals surface area contributed by atoms with Crippen molar-refractivity contribution in [2.45, 2.75) is 0 Å². The number of rotatable bonds is 5. The highest BCUT2D eigenvalue weighted by molar-refractivity contribution is 6.20. The molecule has 0 saturated heterocycles. The smallest absolute Gasteiger partial charge is 0.161 e. The quantitative estimate of drug-likeness (QED) is 0.132. The summed E-state index contributed by atoms with van der Waals surface area (Å²) >= 11 is 0. The van der Waals surface area contributed by atoms with Crippen LogP contribution in [0.4, 0.5) is 0 Å². The first kappa shape index (κ1) is 31.2. The van der Waals surface area contributed by atoms with Crippen LogP contribution >= 0.6 is 0 Å². The molecule has 2 aromatic heterocycles. The molecular weight excluding hydrogens is 667 g/mol. The van der Waals surface area contributed by atoms with Crippen LogP contribution in [0.3, 0.4) is 0 Å². The predicted octanol–water partition coefficient (Wildman–Crippen LogP) is 13.7. The molecular formula is C52H33N3. The first-order chi connectivity index (χ1) is 27.3. The highest BCUT2D eigenvalue weighted by atomic mass is 15.0. The van der Waals surface area contributed by atoms with Gasteiger partial charge in [-0.1, -0.05) is 164 Å². The lowest BCUT2D eigenvalue weighted by atomic mass is 9.92. The van der Waals surface area contributed by atoms with Crippen molar-refractivity contribution in [2.24, 2.45) is 0 Å². The van der Waals surface area contributed by atoms with Crippen molar-refractivity contribution in [2.75, 3.05) is 0 Å². The highest BCUT2D eigenvalue weighted by Crippen LogP contribution is 2.43. The molecule has 9 aromatic carbocycles. The first-order valence-electron chi connectivity index (χ1n) is 18.8. The molecule has 0 aliphatic rings. The van der Waals surface area contributed by atoms with Gasteiger partial charge in [-0.3, -0.25) is 0 Å². The fraction of sp³-hybridized carbons (Fsp3) is 0. The van der Waals surface area contributed by atoms with Crippen molar-refractivity contribution in [3.05, 3.63) is 200 Å². The number of aromatic nitrogens is 3. The number of hydrogen-bond donors (Lipinski definition) is 0. The van der Waals surface area contributed by atoms with Crippen LogP contribution in [0.2, 0.25) is 0 Å². The Morgan fingerprint density at radius 3 is 1.80 bits per heavy atom. The summed E-state index contributed by atoms with van der Waals surface area (Å²) < 4.78 is 2.38. The lowest BCUT2D eigenvalue weighted by Crippen LogP contribution is -1.98. The van der Waals surface area contributed by atoms with E-state index in [0.29, 0.717) is 5.82 Å². The molecule has 3 heteroatoms. The van der Waals surface area contributed by atoms with Crippen LogP contribution in [-0.2, 0) is 0 Å². The molecule has 55 heavy (non-hydrogen) atoms. The normalized spacial score (nSPS) is 11.6. The van der Waals surface area contributed by atoms with Gasteiger partial charge in [-0.05, 0) is 79.8 Å². The van der Waals surface area contributed by atoms with E-state index < -0.39 is 0 Å². The van der Waals surface area contributed by atoms with Crippen LogP contribution in [0.5, 0.6) is 0 Å². The van der Waals surface area contributed by atoms with Crippen LogP contribution < -0.4 is 0 Å². The molecule has 3 nitrogen and oxygen atoms in total. The van der Waals surface area contributed by atoms with Gasteiger partial charge < -0.3 is 4.57 Å². The SMILES string of the molecule is c1ccc(-c2cc(-c3ccccc3-c3cccc4c3c3ccccc3n4-c3ccccc3)nc(-c3c4ccccc4cc4c3ccc3ccccc34)n2)cc1. The van der Waals surface area contributed by atoms with Crippen LogP contribution in [0.1, 0.15) is 0 Å². The third-order valence-electron chi connectivity index (χ3n) is 11.0. The number of hydrogen-bond acceptors (Lipinski definition) is 2. The summed E-state index contributed by atoms with van der Waals surface area (Å²) in [5, 5.41) is 9.51. The van der Waals surface area contributed by atoms with E-state index in [-0.39, 0.29) is 0 Å². The van der Waals surface area contributed by atoms with Gasteiger partial charge in [0, 0.05) is 33.2 Å². The van der Waals surface area contributed by atoms with E-state index in [2.05, 4.69) is 205 Å². The molecule has 0 N–H and O–H groups in total. The average Bonchev–Trinajstić information content (AvgIpc) is 3.61. The predicted molar refractivity (Wildman–Crippen MR) is 231 cm³/mol. The summed E-state index contributed by atoms with van der Waals surface area (Å²) in [5.74, 6) is 0.710. The molecule has 0 unspecified atom stereocenters. The Morgan fingerprint density at radius 2 is 0.964 bits per heavy atom. The van der Waals surface area contributed by atoms with Gasteiger partial charge in [0.25, 0.3) is 0 Å². The second-order valence-electron chi connectivity index (χ2n) is 14.1. The van der Waals surface area contributed by atoms with E-state index in [1.54, 1.807) is 0 Å². The summed E-state index contributed by atoms with van der Waals surface area (Å²) in [6.45, 7) is 0. The Bertz CT molecular complexity index is 3250. The zero-order valence-corrected chi connectivity index (χ0v) is 29.9. The average molecular weight is 700 g/mol. The number of fused-ring (bicyclic) bond motifs is 7. The Balaban J connectivity index is 1.21. The molecule has 0 aliphatic carbocycles. The fourth-order valence-electron chi connectivity index (χ4n) is 8.56. The zero-order valence-electron chi connectivity index (χ0n) is 29.9. The van der Waals surface area contributed by atoms with Gasteiger partial charge in [0.05, 0.1) is 22.4 Å². The number of nitrogens with zero attached hydrogens (tertiary/aromatic N) is 3. The molecule has 0 atom stereocenters. The minimum atomic E-state index is 0.710. The molecule has 0 spiro atoms. The summed E-state index contributed by atoms with van der Waals surface area (Å²) in [5.41, 5.74) is 10.7. The Labute approximate surface area is 318 Å². The van der Waals surface area contributed by atoms with Crippen molar-refractivity contribution in [1.29, 1.82) is 0 Å². The van der Waals surface area contributed by atoms with E-state index in [9.17, 15) is 0 Å². The van der Waals surface area contributed by atoms with Crippen molar-refractivity contribution < 1.29 is 0 Å². The van der Waals surface area contributed by atoms with Crippen LogP contribution in [0.25, 0.3) is 105 Å². The van der Waals surface area contributed by atoms with Gasteiger partial charge >= 0.3 is 0 Å². The minimum Gasteiger partial charge on any atom is -0.309 e. The third-order valence-corrected chi connectivity index (χ3v) is 11.0. The summed E-state index contributed by atoms with van der Waals surface area (Å²) in [4.78, 5) is 10.9. The van der Waals surface area contributed by atoms with Crippen molar-refractivity contribution in [3.8, 4) is 50.7 Å². The molecule has 0 fully saturated rings. The van der Waals surface area contributed by atoms with Gasteiger partial charge in [0.1, 0.15) is 0 Å². The van der Waals surface area contributed by atoms with Crippen LogP contribution in [-0.4, -0.2) is 14.5 Å².